The first-order chi connectivity index (χ1) is 8.22. The van der Waals surface area contributed by atoms with Gasteiger partial charge < -0.3 is 5.32 Å². The Kier molecular flexibility index (Phi) is 4.12. The van der Waals surface area contributed by atoms with Crippen LogP contribution < -0.4 is 5.32 Å². The van der Waals surface area contributed by atoms with Gasteiger partial charge in [-0.2, -0.15) is 0 Å². The Bertz CT molecular complexity index is 391. The van der Waals surface area contributed by atoms with Crippen LogP contribution in [0.2, 0.25) is 0 Å². The summed E-state index contributed by atoms with van der Waals surface area (Å²) >= 11 is 1.62. The lowest BCUT2D eigenvalue weighted by atomic mass is 10.2. The Balaban J connectivity index is 2.04. The lowest BCUT2D eigenvalue weighted by Crippen LogP contribution is -2.28. The van der Waals surface area contributed by atoms with E-state index in [9.17, 15) is 4.79 Å². The van der Waals surface area contributed by atoms with Crippen molar-refractivity contribution in [3.05, 3.63) is 16.1 Å². The van der Waals surface area contributed by atoms with Crippen LogP contribution in [-0.4, -0.2) is 28.9 Å². The highest BCUT2D eigenvalue weighted by Crippen LogP contribution is 2.28. The molecule has 2 rings (SSSR count). The summed E-state index contributed by atoms with van der Waals surface area (Å²) in [5, 5.41) is 3.03. The zero-order valence-electron chi connectivity index (χ0n) is 10.4. The van der Waals surface area contributed by atoms with Crippen molar-refractivity contribution in [1.82, 2.24) is 15.2 Å². The molecule has 1 saturated heterocycles. The van der Waals surface area contributed by atoms with Gasteiger partial charge in [-0.1, -0.05) is 19.8 Å². The highest BCUT2D eigenvalue weighted by molar-refractivity contribution is 7.09. The molecule has 1 aliphatic rings. The van der Waals surface area contributed by atoms with Crippen molar-refractivity contribution in [2.45, 2.75) is 39.3 Å². The number of amides is 1. The topological polar surface area (TPSA) is 45.2 Å². The summed E-state index contributed by atoms with van der Waals surface area (Å²) in [6, 6.07) is 0. The van der Waals surface area contributed by atoms with E-state index in [0.29, 0.717) is 6.54 Å². The van der Waals surface area contributed by atoms with Crippen LogP contribution in [0.25, 0.3) is 0 Å². The second-order valence-electron chi connectivity index (χ2n) is 4.45. The fourth-order valence-corrected chi connectivity index (χ4v) is 3.03. The molecule has 1 aromatic heterocycles. The standard InChI is InChI=1S/C12H19N3OS/c1-3-4-5-6-15-7-10(16)14-12(15)11-9(2)13-8-17-11/h8,12H,3-7H2,1-2H3,(H,14,16). The van der Waals surface area contributed by atoms with Crippen LogP contribution in [0.4, 0.5) is 0 Å². The molecule has 1 atom stereocenters. The molecule has 0 bridgehead atoms. The third-order valence-electron chi connectivity index (χ3n) is 3.09. The van der Waals surface area contributed by atoms with E-state index in [-0.39, 0.29) is 12.1 Å². The predicted molar refractivity (Wildman–Crippen MR) is 68.8 cm³/mol. The molecular formula is C12H19N3OS. The average Bonchev–Trinajstić information content (AvgIpc) is 2.85. The lowest BCUT2D eigenvalue weighted by molar-refractivity contribution is -0.118. The van der Waals surface area contributed by atoms with E-state index < -0.39 is 0 Å². The molecule has 1 N–H and O–H groups in total. The number of carbonyl (C=O) groups excluding carboxylic acids is 1. The quantitative estimate of drug-likeness (QED) is 0.817. The molecule has 1 aliphatic heterocycles. The number of aromatic nitrogens is 1. The van der Waals surface area contributed by atoms with Gasteiger partial charge in [-0.25, -0.2) is 4.98 Å². The Hall–Kier alpha value is -0.940. The zero-order chi connectivity index (χ0) is 12.3. The Morgan fingerprint density at radius 2 is 2.41 bits per heavy atom. The van der Waals surface area contributed by atoms with E-state index >= 15 is 0 Å². The zero-order valence-corrected chi connectivity index (χ0v) is 11.2. The largest absolute Gasteiger partial charge is 0.335 e. The van der Waals surface area contributed by atoms with Crippen LogP contribution >= 0.6 is 11.3 Å². The summed E-state index contributed by atoms with van der Waals surface area (Å²) < 4.78 is 0. The number of carbonyl (C=O) groups is 1. The molecule has 94 valence electrons. The van der Waals surface area contributed by atoms with E-state index in [1.54, 1.807) is 11.3 Å². The van der Waals surface area contributed by atoms with Gasteiger partial charge in [-0.3, -0.25) is 9.69 Å². The molecule has 1 fully saturated rings. The fourth-order valence-electron chi connectivity index (χ4n) is 2.14. The minimum Gasteiger partial charge on any atom is -0.335 e. The smallest absolute Gasteiger partial charge is 0.235 e. The minimum absolute atomic E-state index is 0.0480. The van der Waals surface area contributed by atoms with E-state index in [2.05, 4.69) is 22.1 Å². The molecule has 4 nitrogen and oxygen atoms in total. The van der Waals surface area contributed by atoms with Crippen LogP contribution in [0, 0.1) is 6.92 Å². The highest BCUT2D eigenvalue weighted by atomic mass is 32.1. The van der Waals surface area contributed by atoms with Gasteiger partial charge in [0.1, 0.15) is 6.17 Å². The van der Waals surface area contributed by atoms with Gasteiger partial charge in [-0.15, -0.1) is 11.3 Å². The summed E-state index contributed by atoms with van der Waals surface area (Å²) in [6.07, 6.45) is 3.63. The number of nitrogens with one attached hydrogen (secondary N) is 1. The summed E-state index contributed by atoms with van der Waals surface area (Å²) in [6.45, 7) is 5.69. The predicted octanol–water partition coefficient (Wildman–Crippen LogP) is 2.07. The molecule has 0 saturated carbocycles. The van der Waals surface area contributed by atoms with E-state index in [1.807, 2.05) is 12.4 Å². The third kappa shape index (κ3) is 2.84. The molecule has 1 aromatic rings. The van der Waals surface area contributed by atoms with Gasteiger partial charge in [0.25, 0.3) is 0 Å². The summed E-state index contributed by atoms with van der Waals surface area (Å²) in [5.74, 6) is 0.124. The first-order valence-electron chi connectivity index (χ1n) is 6.15. The number of hydrogen-bond donors (Lipinski definition) is 1. The van der Waals surface area contributed by atoms with Gasteiger partial charge in [0.05, 0.1) is 22.6 Å². The van der Waals surface area contributed by atoms with Crippen LogP contribution in [-0.2, 0) is 4.79 Å². The molecule has 1 unspecified atom stereocenters. The van der Waals surface area contributed by atoms with Crippen molar-refractivity contribution in [3.8, 4) is 0 Å². The number of unbranched alkanes of at least 4 members (excludes halogenated alkanes) is 2. The molecule has 0 spiro atoms. The number of aryl methyl sites for hydroxylation is 1. The molecule has 2 heterocycles. The summed E-state index contributed by atoms with van der Waals surface area (Å²) in [4.78, 5) is 19.2. The number of hydrogen-bond acceptors (Lipinski definition) is 4. The average molecular weight is 253 g/mol. The molecule has 0 aliphatic carbocycles. The molecule has 5 heteroatoms. The first-order valence-corrected chi connectivity index (χ1v) is 7.03. The van der Waals surface area contributed by atoms with Gasteiger partial charge in [-0.05, 0) is 13.3 Å². The second-order valence-corrected chi connectivity index (χ2v) is 5.34. The number of rotatable bonds is 5. The second kappa shape index (κ2) is 5.60. The molecule has 0 aromatic carbocycles. The maximum absolute atomic E-state index is 11.5. The van der Waals surface area contributed by atoms with Gasteiger partial charge >= 0.3 is 0 Å². The van der Waals surface area contributed by atoms with Crippen LogP contribution in [0.5, 0.6) is 0 Å². The number of thiazole rings is 1. The maximum Gasteiger partial charge on any atom is 0.235 e. The summed E-state index contributed by atoms with van der Waals surface area (Å²) in [5.41, 5.74) is 2.88. The minimum atomic E-state index is 0.0480. The van der Waals surface area contributed by atoms with Crippen molar-refractivity contribution < 1.29 is 4.79 Å². The summed E-state index contributed by atoms with van der Waals surface area (Å²) in [7, 11) is 0. The van der Waals surface area contributed by atoms with E-state index in [0.717, 1.165) is 18.7 Å². The normalized spacial score (nSPS) is 20.8. The van der Waals surface area contributed by atoms with Gasteiger partial charge in [0, 0.05) is 6.54 Å². The monoisotopic (exact) mass is 253 g/mol. The molecule has 0 radical (unpaired) electrons. The van der Waals surface area contributed by atoms with Crippen LogP contribution in [0.15, 0.2) is 5.51 Å². The van der Waals surface area contributed by atoms with Crippen molar-refractivity contribution >= 4 is 17.2 Å². The SMILES string of the molecule is CCCCCN1CC(=O)NC1c1scnc1C. The molecular weight excluding hydrogens is 234 g/mol. The van der Waals surface area contributed by atoms with Crippen LogP contribution in [0.3, 0.4) is 0 Å². The highest BCUT2D eigenvalue weighted by Gasteiger charge is 2.32. The molecule has 1 amide bonds. The van der Waals surface area contributed by atoms with Crippen molar-refractivity contribution in [2.24, 2.45) is 0 Å². The van der Waals surface area contributed by atoms with Crippen LogP contribution in [0.1, 0.15) is 42.9 Å². The fraction of sp³-hybridized carbons (Fsp3) is 0.667. The van der Waals surface area contributed by atoms with E-state index in [1.165, 1.54) is 17.7 Å². The Labute approximate surface area is 106 Å². The number of nitrogens with zero attached hydrogens (tertiary/aromatic N) is 2. The first kappa shape index (κ1) is 12.5. The Morgan fingerprint density at radius 1 is 1.59 bits per heavy atom. The van der Waals surface area contributed by atoms with Crippen molar-refractivity contribution in [1.29, 1.82) is 0 Å². The molecule has 17 heavy (non-hydrogen) atoms. The lowest BCUT2D eigenvalue weighted by Gasteiger charge is -2.22. The third-order valence-corrected chi connectivity index (χ3v) is 4.07. The Morgan fingerprint density at radius 3 is 3.06 bits per heavy atom. The van der Waals surface area contributed by atoms with Crippen molar-refractivity contribution in [3.63, 3.8) is 0 Å². The van der Waals surface area contributed by atoms with Gasteiger partial charge in [0.15, 0.2) is 0 Å². The van der Waals surface area contributed by atoms with Gasteiger partial charge in [0.2, 0.25) is 5.91 Å². The maximum atomic E-state index is 11.5. The van der Waals surface area contributed by atoms with E-state index in [4.69, 9.17) is 0 Å². The van der Waals surface area contributed by atoms with Crippen molar-refractivity contribution in [2.75, 3.05) is 13.1 Å².